The molecule has 0 fully saturated rings. The first-order valence-corrected chi connectivity index (χ1v) is 7.22. The summed E-state index contributed by atoms with van der Waals surface area (Å²) in [6.45, 7) is 9.77. The average molecular weight is 265 g/mol. The second kappa shape index (κ2) is 9.82. The molecule has 1 aromatic rings. The van der Waals surface area contributed by atoms with Crippen LogP contribution >= 0.6 is 0 Å². The molecule has 0 saturated heterocycles. The molecule has 3 heteroatoms. The Morgan fingerprint density at radius 2 is 1.79 bits per heavy atom. The van der Waals surface area contributed by atoms with Gasteiger partial charge in [0.25, 0.3) is 0 Å². The molecule has 108 valence electrons. The number of hydrogen-bond acceptors (Lipinski definition) is 3. The van der Waals surface area contributed by atoms with Gasteiger partial charge >= 0.3 is 0 Å². The Bertz CT molecular complexity index is 314. The fraction of sp³-hybridized carbons (Fsp3) is 0.625. The average Bonchev–Trinajstić information content (AvgIpc) is 2.42. The third-order valence-corrected chi connectivity index (χ3v) is 2.83. The Hall–Kier alpha value is -1.06. The Labute approximate surface area is 117 Å². The standard InChI is InChI=1S/C16H27NO2/c1-4-15(13-17-12-14(2)3)18-10-11-19-16-8-6-5-7-9-16/h5-9,14-15,17H,4,10-13H2,1-3H3. The summed E-state index contributed by atoms with van der Waals surface area (Å²) < 4.78 is 11.4. The van der Waals surface area contributed by atoms with E-state index < -0.39 is 0 Å². The van der Waals surface area contributed by atoms with Crippen LogP contribution in [0.4, 0.5) is 0 Å². The van der Waals surface area contributed by atoms with E-state index in [9.17, 15) is 0 Å². The van der Waals surface area contributed by atoms with Crippen LogP contribution in [0, 0.1) is 5.92 Å². The minimum atomic E-state index is 0.276. The van der Waals surface area contributed by atoms with Gasteiger partial charge in [-0.2, -0.15) is 0 Å². The number of rotatable bonds is 10. The van der Waals surface area contributed by atoms with Crippen LogP contribution in [-0.4, -0.2) is 32.4 Å². The normalized spacial score (nSPS) is 12.6. The van der Waals surface area contributed by atoms with E-state index in [4.69, 9.17) is 9.47 Å². The van der Waals surface area contributed by atoms with Gasteiger partial charge in [0.2, 0.25) is 0 Å². The van der Waals surface area contributed by atoms with E-state index >= 15 is 0 Å². The molecule has 0 bridgehead atoms. The highest BCUT2D eigenvalue weighted by Gasteiger charge is 2.06. The lowest BCUT2D eigenvalue weighted by molar-refractivity contribution is 0.0317. The summed E-state index contributed by atoms with van der Waals surface area (Å²) in [6.07, 6.45) is 1.30. The van der Waals surface area contributed by atoms with Gasteiger partial charge in [-0.25, -0.2) is 0 Å². The van der Waals surface area contributed by atoms with E-state index in [1.54, 1.807) is 0 Å². The predicted molar refractivity (Wildman–Crippen MR) is 79.7 cm³/mol. The van der Waals surface area contributed by atoms with Crippen molar-refractivity contribution in [2.75, 3.05) is 26.3 Å². The molecule has 3 nitrogen and oxygen atoms in total. The van der Waals surface area contributed by atoms with Gasteiger partial charge in [-0.15, -0.1) is 0 Å². The van der Waals surface area contributed by atoms with Gasteiger partial charge in [0.1, 0.15) is 12.4 Å². The third-order valence-electron chi connectivity index (χ3n) is 2.83. The summed E-state index contributed by atoms with van der Waals surface area (Å²) in [4.78, 5) is 0. The van der Waals surface area contributed by atoms with Crippen LogP contribution in [0.15, 0.2) is 30.3 Å². The van der Waals surface area contributed by atoms with Crippen LogP contribution in [0.25, 0.3) is 0 Å². The van der Waals surface area contributed by atoms with Crippen molar-refractivity contribution < 1.29 is 9.47 Å². The molecule has 0 radical (unpaired) electrons. The molecule has 1 rings (SSSR count). The summed E-state index contributed by atoms with van der Waals surface area (Å²) in [5.74, 6) is 1.58. The van der Waals surface area contributed by atoms with Crippen molar-refractivity contribution in [2.45, 2.75) is 33.3 Å². The van der Waals surface area contributed by atoms with Crippen LogP contribution in [0.2, 0.25) is 0 Å². The van der Waals surface area contributed by atoms with E-state index in [1.165, 1.54) is 0 Å². The Morgan fingerprint density at radius 3 is 2.42 bits per heavy atom. The molecule has 1 N–H and O–H groups in total. The van der Waals surface area contributed by atoms with Crippen molar-refractivity contribution in [1.82, 2.24) is 5.32 Å². The molecule has 1 aromatic carbocycles. The molecule has 1 unspecified atom stereocenters. The number of hydrogen-bond donors (Lipinski definition) is 1. The lowest BCUT2D eigenvalue weighted by Gasteiger charge is -2.18. The van der Waals surface area contributed by atoms with E-state index in [0.29, 0.717) is 19.1 Å². The summed E-state index contributed by atoms with van der Waals surface area (Å²) in [5.41, 5.74) is 0. The molecule has 0 amide bonds. The number of benzene rings is 1. The maximum atomic E-state index is 5.81. The Balaban J connectivity index is 2.09. The Morgan fingerprint density at radius 1 is 1.05 bits per heavy atom. The maximum absolute atomic E-state index is 5.81. The van der Waals surface area contributed by atoms with Crippen molar-refractivity contribution in [1.29, 1.82) is 0 Å². The topological polar surface area (TPSA) is 30.5 Å². The van der Waals surface area contributed by atoms with Crippen molar-refractivity contribution in [3.63, 3.8) is 0 Å². The first-order valence-electron chi connectivity index (χ1n) is 7.22. The van der Waals surface area contributed by atoms with E-state index in [-0.39, 0.29) is 6.10 Å². The van der Waals surface area contributed by atoms with Gasteiger partial charge < -0.3 is 14.8 Å². The highest BCUT2D eigenvalue weighted by atomic mass is 16.5. The summed E-state index contributed by atoms with van der Waals surface area (Å²) in [5, 5.41) is 3.43. The lowest BCUT2D eigenvalue weighted by atomic mass is 10.2. The zero-order valence-corrected chi connectivity index (χ0v) is 12.4. The SMILES string of the molecule is CCC(CNCC(C)C)OCCOc1ccccc1. The molecule has 0 saturated carbocycles. The molecular formula is C16H27NO2. The van der Waals surface area contributed by atoms with Crippen LogP contribution in [0.5, 0.6) is 5.75 Å². The third kappa shape index (κ3) is 7.85. The predicted octanol–water partition coefficient (Wildman–Crippen LogP) is 3.11. The summed E-state index contributed by atoms with van der Waals surface area (Å²) >= 11 is 0. The van der Waals surface area contributed by atoms with Crippen LogP contribution in [0.3, 0.4) is 0 Å². The fourth-order valence-corrected chi connectivity index (χ4v) is 1.75. The smallest absolute Gasteiger partial charge is 0.119 e. The van der Waals surface area contributed by atoms with Crippen molar-refractivity contribution in [3.05, 3.63) is 30.3 Å². The van der Waals surface area contributed by atoms with Crippen molar-refractivity contribution in [3.8, 4) is 5.75 Å². The summed E-state index contributed by atoms with van der Waals surface area (Å²) in [7, 11) is 0. The number of ether oxygens (including phenoxy) is 2. The first-order chi connectivity index (χ1) is 9.22. The minimum Gasteiger partial charge on any atom is -0.491 e. The molecule has 1 atom stereocenters. The first kappa shape index (κ1) is 16.0. The molecule has 19 heavy (non-hydrogen) atoms. The van der Waals surface area contributed by atoms with Crippen molar-refractivity contribution >= 4 is 0 Å². The lowest BCUT2D eigenvalue weighted by Crippen LogP contribution is -2.32. The van der Waals surface area contributed by atoms with Gasteiger partial charge in [-0.1, -0.05) is 39.0 Å². The van der Waals surface area contributed by atoms with Crippen molar-refractivity contribution in [2.24, 2.45) is 5.92 Å². The molecule has 0 spiro atoms. The number of para-hydroxylation sites is 1. The monoisotopic (exact) mass is 265 g/mol. The molecule has 0 aliphatic heterocycles. The maximum Gasteiger partial charge on any atom is 0.119 e. The highest BCUT2D eigenvalue weighted by Crippen LogP contribution is 2.08. The van der Waals surface area contributed by atoms with Crippen LogP contribution in [-0.2, 0) is 4.74 Å². The molecule has 0 aliphatic carbocycles. The van der Waals surface area contributed by atoms with Gasteiger partial charge in [0.05, 0.1) is 12.7 Å². The number of nitrogens with one attached hydrogen (secondary N) is 1. The zero-order valence-electron chi connectivity index (χ0n) is 12.4. The molecule has 0 heterocycles. The Kier molecular flexibility index (Phi) is 8.26. The minimum absolute atomic E-state index is 0.276. The highest BCUT2D eigenvalue weighted by molar-refractivity contribution is 5.20. The second-order valence-corrected chi connectivity index (χ2v) is 5.11. The van der Waals surface area contributed by atoms with E-state index in [2.05, 4.69) is 26.1 Å². The van der Waals surface area contributed by atoms with Gasteiger partial charge in [0.15, 0.2) is 0 Å². The zero-order chi connectivity index (χ0) is 13.9. The van der Waals surface area contributed by atoms with Crippen LogP contribution in [0.1, 0.15) is 27.2 Å². The van der Waals surface area contributed by atoms with Gasteiger partial charge in [-0.3, -0.25) is 0 Å². The molecule has 0 aliphatic rings. The molecular weight excluding hydrogens is 238 g/mol. The molecule has 0 aromatic heterocycles. The fourth-order valence-electron chi connectivity index (χ4n) is 1.75. The van der Waals surface area contributed by atoms with E-state index in [0.717, 1.165) is 25.3 Å². The quantitative estimate of drug-likeness (QED) is 0.659. The van der Waals surface area contributed by atoms with Gasteiger partial charge in [0, 0.05) is 6.54 Å². The summed E-state index contributed by atoms with van der Waals surface area (Å²) in [6, 6.07) is 9.85. The second-order valence-electron chi connectivity index (χ2n) is 5.11. The van der Waals surface area contributed by atoms with Gasteiger partial charge in [-0.05, 0) is 31.0 Å². The van der Waals surface area contributed by atoms with Crippen LogP contribution < -0.4 is 10.1 Å². The largest absolute Gasteiger partial charge is 0.491 e. The van der Waals surface area contributed by atoms with E-state index in [1.807, 2.05) is 30.3 Å².